The van der Waals surface area contributed by atoms with Gasteiger partial charge in [0.2, 0.25) is 0 Å². The van der Waals surface area contributed by atoms with Crippen molar-refractivity contribution in [3.63, 3.8) is 0 Å². The van der Waals surface area contributed by atoms with Crippen molar-refractivity contribution in [2.75, 3.05) is 13.2 Å². The molecule has 0 radical (unpaired) electrons. The number of aliphatic hydroxyl groups excluding tert-OH is 1. The highest BCUT2D eigenvalue weighted by Gasteiger charge is 2.61. The summed E-state index contributed by atoms with van der Waals surface area (Å²) in [5, 5.41) is 24.7. The van der Waals surface area contributed by atoms with Gasteiger partial charge in [0.15, 0.2) is 0 Å². The number of ether oxygens (including phenoxy) is 1. The van der Waals surface area contributed by atoms with Gasteiger partial charge in [-0.25, -0.2) is 4.79 Å². The van der Waals surface area contributed by atoms with Gasteiger partial charge in [-0.2, -0.15) is 0 Å². The largest absolute Gasteiger partial charge is 0.481 e. The Balaban J connectivity index is 1.87. The van der Waals surface area contributed by atoms with Gasteiger partial charge in [0.1, 0.15) is 0 Å². The Morgan fingerprint density at radius 1 is 1.21 bits per heavy atom. The summed E-state index contributed by atoms with van der Waals surface area (Å²) in [7, 11) is 0. The number of rotatable bonds is 6. The highest BCUT2D eigenvalue weighted by atomic mass is 16.5. The van der Waals surface area contributed by atoms with Crippen LogP contribution in [0.15, 0.2) is 0 Å². The zero-order valence-corrected chi connectivity index (χ0v) is 14.8. The summed E-state index contributed by atoms with van der Waals surface area (Å²) in [5.74, 6) is -1.05. The minimum atomic E-state index is -0.754. The van der Waals surface area contributed by atoms with Crippen molar-refractivity contribution in [1.82, 2.24) is 10.6 Å². The Kier molecular flexibility index (Phi) is 5.75. The Bertz CT molecular complexity index is 474. The van der Waals surface area contributed by atoms with Crippen molar-refractivity contribution in [3.8, 4) is 0 Å². The van der Waals surface area contributed by atoms with Crippen molar-refractivity contribution >= 4 is 12.0 Å². The van der Waals surface area contributed by atoms with Gasteiger partial charge in [-0.1, -0.05) is 13.8 Å². The first-order chi connectivity index (χ1) is 11.3. The van der Waals surface area contributed by atoms with Crippen LogP contribution in [0.2, 0.25) is 0 Å². The third kappa shape index (κ3) is 3.52. The second-order valence-electron chi connectivity index (χ2n) is 7.60. The van der Waals surface area contributed by atoms with Gasteiger partial charge in [-0.05, 0) is 32.6 Å². The SMILES string of the molecule is CCOC1CC(CO)(NC(=O)NC2CCC(C(=O)O)CC2)C1(C)C. The molecule has 2 aliphatic rings. The summed E-state index contributed by atoms with van der Waals surface area (Å²) in [6.07, 6.45) is 3.11. The van der Waals surface area contributed by atoms with Gasteiger partial charge in [0, 0.05) is 24.5 Å². The number of carbonyl (C=O) groups excluding carboxylic acids is 1. The number of carboxylic acids is 1. The van der Waals surface area contributed by atoms with Gasteiger partial charge in [0.25, 0.3) is 0 Å². The van der Waals surface area contributed by atoms with E-state index in [1.165, 1.54) is 0 Å². The van der Waals surface area contributed by atoms with E-state index in [0.29, 0.717) is 38.7 Å². The van der Waals surface area contributed by atoms with Crippen LogP contribution in [0.25, 0.3) is 0 Å². The lowest BCUT2D eigenvalue weighted by molar-refractivity contribution is -0.172. The van der Waals surface area contributed by atoms with Crippen LogP contribution in [0.3, 0.4) is 0 Å². The summed E-state index contributed by atoms with van der Waals surface area (Å²) in [6, 6.07) is -0.312. The summed E-state index contributed by atoms with van der Waals surface area (Å²) < 4.78 is 5.68. The molecule has 2 unspecified atom stereocenters. The lowest BCUT2D eigenvalue weighted by Gasteiger charge is -2.60. The van der Waals surface area contributed by atoms with Crippen LogP contribution in [0.1, 0.15) is 52.9 Å². The van der Waals surface area contributed by atoms with Crippen LogP contribution < -0.4 is 10.6 Å². The zero-order valence-electron chi connectivity index (χ0n) is 14.8. The molecule has 138 valence electrons. The van der Waals surface area contributed by atoms with E-state index in [-0.39, 0.29) is 36.1 Å². The predicted octanol–water partition coefficient (Wildman–Crippen LogP) is 1.50. The van der Waals surface area contributed by atoms with Crippen molar-refractivity contribution in [1.29, 1.82) is 0 Å². The fraction of sp³-hybridized carbons (Fsp3) is 0.882. The van der Waals surface area contributed by atoms with Crippen LogP contribution in [-0.4, -0.2) is 53.1 Å². The molecule has 2 atom stereocenters. The van der Waals surface area contributed by atoms with Crippen LogP contribution in [0.4, 0.5) is 4.79 Å². The first kappa shape index (κ1) is 19.0. The molecule has 2 fully saturated rings. The van der Waals surface area contributed by atoms with Gasteiger partial charge < -0.3 is 25.6 Å². The lowest BCUT2D eigenvalue weighted by Crippen LogP contribution is -2.75. The van der Waals surface area contributed by atoms with Gasteiger partial charge in [0.05, 0.1) is 24.2 Å². The molecular formula is C17H30N2O5. The minimum Gasteiger partial charge on any atom is -0.481 e. The maximum absolute atomic E-state index is 12.4. The number of urea groups is 1. The average molecular weight is 342 g/mol. The van der Waals surface area contributed by atoms with E-state index in [1.807, 2.05) is 20.8 Å². The molecule has 0 aromatic carbocycles. The number of nitrogens with one attached hydrogen (secondary N) is 2. The molecule has 0 aromatic rings. The zero-order chi connectivity index (χ0) is 18.0. The maximum Gasteiger partial charge on any atom is 0.315 e. The molecule has 2 saturated carbocycles. The summed E-state index contributed by atoms with van der Waals surface area (Å²) in [6.45, 7) is 6.39. The molecule has 0 aliphatic heterocycles. The quantitative estimate of drug-likeness (QED) is 0.585. The van der Waals surface area contributed by atoms with E-state index in [0.717, 1.165) is 0 Å². The number of hydrogen-bond donors (Lipinski definition) is 4. The molecule has 0 aromatic heterocycles. The number of aliphatic hydroxyl groups is 1. The van der Waals surface area contributed by atoms with Crippen LogP contribution in [-0.2, 0) is 9.53 Å². The number of aliphatic carboxylic acids is 1. The highest BCUT2D eigenvalue weighted by Crippen LogP contribution is 2.51. The second-order valence-corrected chi connectivity index (χ2v) is 7.60. The Morgan fingerprint density at radius 3 is 2.29 bits per heavy atom. The fourth-order valence-electron chi connectivity index (χ4n) is 3.92. The molecule has 0 spiro atoms. The van der Waals surface area contributed by atoms with E-state index in [1.54, 1.807) is 0 Å². The van der Waals surface area contributed by atoms with E-state index in [2.05, 4.69) is 10.6 Å². The molecule has 0 heterocycles. The number of carboxylic acid groups (broad SMARTS) is 1. The van der Waals surface area contributed by atoms with Gasteiger partial charge >= 0.3 is 12.0 Å². The molecule has 2 amide bonds. The molecule has 2 rings (SSSR count). The summed E-state index contributed by atoms with van der Waals surface area (Å²) >= 11 is 0. The third-order valence-electron chi connectivity index (χ3n) is 5.97. The standard InChI is InChI=1S/C17H30N2O5/c1-4-24-13-9-17(10-20,16(13,2)3)19-15(23)18-12-7-5-11(6-8-12)14(21)22/h11-13,20H,4-10H2,1-3H3,(H,21,22)(H2,18,19,23). The molecule has 24 heavy (non-hydrogen) atoms. The highest BCUT2D eigenvalue weighted by molar-refractivity contribution is 5.76. The number of hydrogen-bond acceptors (Lipinski definition) is 4. The first-order valence-electron chi connectivity index (χ1n) is 8.79. The predicted molar refractivity (Wildman–Crippen MR) is 88.7 cm³/mol. The van der Waals surface area contributed by atoms with Gasteiger partial charge in [-0.15, -0.1) is 0 Å². The van der Waals surface area contributed by atoms with E-state index < -0.39 is 11.5 Å². The molecule has 0 saturated heterocycles. The summed E-state index contributed by atoms with van der Waals surface area (Å²) in [4.78, 5) is 23.3. The van der Waals surface area contributed by atoms with E-state index in [9.17, 15) is 14.7 Å². The van der Waals surface area contributed by atoms with Crippen molar-refractivity contribution in [3.05, 3.63) is 0 Å². The minimum absolute atomic E-state index is 0.0118. The Labute approximate surface area is 143 Å². The van der Waals surface area contributed by atoms with Crippen LogP contribution in [0.5, 0.6) is 0 Å². The van der Waals surface area contributed by atoms with E-state index in [4.69, 9.17) is 9.84 Å². The fourth-order valence-corrected chi connectivity index (χ4v) is 3.92. The van der Waals surface area contributed by atoms with E-state index >= 15 is 0 Å². The topological polar surface area (TPSA) is 108 Å². The van der Waals surface area contributed by atoms with Crippen LogP contribution >= 0.6 is 0 Å². The molecule has 2 aliphatic carbocycles. The average Bonchev–Trinajstić information content (AvgIpc) is 2.54. The van der Waals surface area contributed by atoms with Gasteiger partial charge in [-0.3, -0.25) is 4.79 Å². The van der Waals surface area contributed by atoms with Crippen molar-refractivity contribution in [2.45, 2.75) is 70.6 Å². The smallest absolute Gasteiger partial charge is 0.315 e. The lowest BCUT2D eigenvalue weighted by atomic mass is 9.54. The first-order valence-corrected chi connectivity index (χ1v) is 8.79. The van der Waals surface area contributed by atoms with Crippen LogP contribution in [0, 0.1) is 11.3 Å². The number of carbonyl (C=O) groups is 2. The molecule has 0 bridgehead atoms. The van der Waals surface area contributed by atoms with Crippen molar-refractivity contribution < 1.29 is 24.5 Å². The number of amides is 2. The normalized spacial score (nSPS) is 34.9. The molecule has 7 nitrogen and oxygen atoms in total. The molecule has 7 heteroatoms. The summed E-state index contributed by atoms with van der Waals surface area (Å²) in [5.41, 5.74) is -1.04. The maximum atomic E-state index is 12.4. The second kappa shape index (κ2) is 7.27. The van der Waals surface area contributed by atoms with Crippen molar-refractivity contribution in [2.24, 2.45) is 11.3 Å². The third-order valence-corrected chi connectivity index (χ3v) is 5.97. The Hall–Kier alpha value is -1.34. The molecular weight excluding hydrogens is 312 g/mol. The Morgan fingerprint density at radius 2 is 1.83 bits per heavy atom. The monoisotopic (exact) mass is 342 g/mol. The molecule has 4 N–H and O–H groups in total.